The van der Waals surface area contributed by atoms with Crippen LogP contribution < -0.4 is 68.9 Å². The van der Waals surface area contributed by atoms with Crippen LogP contribution in [0.1, 0.15) is 105 Å². The van der Waals surface area contributed by atoms with E-state index in [0.29, 0.717) is 17.4 Å². The average Bonchev–Trinajstić information content (AvgIpc) is 3.04. The predicted octanol–water partition coefficient (Wildman–Crippen LogP) is 3.96. The standard InChI is InChI=1S/C24H40O2.C2H6.CH3.Cs/c1-23-14-12-22-20(9-7-18-16-19(26)11-13-24(18,22)2)21(23)10-8-17(23)6-4-3-5-15-25;1-2;;/h7,17,19-22,25-26H,3-6,8-16H2,1-2H3;1-2H3;1H3;/q;;-1;+1. The Balaban J connectivity index is 0.00000109. The third-order valence-electron chi connectivity index (χ3n) is 9.48. The summed E-state index contributed by atoms with van der Waals surface area (Å²) in [4.78, 5) is 0. The van der Waals surface area contributed by atoms with Crippen molar-refractivity contribution < 1.29 is 79.1 Å². The second-order valence-electron chi connectivity index (χ2n) is 10.5. The van der Waals surface area contributed by atoms with Gasteiger partial charge in [0, 0.05) is 6.61 Å². The molecule has 30 heavy (non-hydrogen) atoms. The van der Waals surface area contributed by atoms with Gasteiger partial charge in [-0.05, 0) is 98.7 Å². The van der Waals surface area contributed by atoms with E-state index in [2.05, 4.69) is 19.9 Å². The summed E-state index contributed by atoms with van der Waals surface area (Å²) in [5, 5.41) is 19.2. The zero-order valence-electron chi connectivity index (χ0n) is 21.1. The summed E-state index contributed by atoms with van der Waals surface area (Å²) in [7, 11) is 0. The van der Waals surface area contributed by atoms with E-state index < -0.39 is 0 Å². The smallest absolute Gasteiger partial charge is 0.396 e. The molecular weight excluding hydrogens is 489 g/mol. The van der Waals surface area contributed by atoms with Crippen LogP contribution in [0.5, 0.6) is 0 Å². The number of fused-ring (bicyclic) bond motifs is 5. The predicted molar refractivity (Wildman–Crippen MR) is 125 cm³/mol. The SMILES string of the molecule is CC.CC12CCC(O)CC1=CCC1C2CCC2(C)C(CCCCCO)CCC12.[CH3-].[Cs+]. The zero-order valence-corrected chi connectivity index (χ0v) is 27.3. The number of rotatable bonds is 5. The van der Waals surface area contributed by atoms with Crippen LogP contribution in [0.3, 0.4) is 0 Å². The van der Waals surface area contributed by atoms with Crippen LogP contribution in [0.15, 0.2) is 11.6 Å². The molecule has 4 aliphatic rings. The van der Waals surface area contributed by atoms with Crippen molar-refractivity contribution >= 4 is 0 Å². The Morgan fingerprint density at radius 3 is 2.40 bits per heavy atom. The van der Waals surface area contributed by atoms with Gasteiger partial charge in [0.05, 0.1) is 6.10 Å². The molecule has 4 aliphatic carbocycles. The topological polar surface area (TPSA) is 40.5 Å². The number of unbranched alkanes of at least 4 members (excludes halogenated alkanes) is 2. The van der Waals surface area contributed by atoms with Gasteiger partial charge in [-0.15, -0.1) is 0 Å². The first-order chi connectivity index (χ1) is 13.5. The summed E-state index contributed by atoms with van der Waals surface area (Å²) in [6.07, 6.45) is 17.5. The van der Waals surface area contributed by atoms with Gasteiger partial charge in [-0.3, -0.25) is 0 Å². The molecule has 7 atom stereocenters. The van der Waals surface area contributed by atoms with Gasteiger partial charge >= 0.3 is 68.9 Å². The van der Waals surface area contributed by atoms with Crippen molar-refractivity contribution in [2.45, 2.75) is 111 Å². The fraction of sp³-hybridized carbons (Fsp3) is 0.889. The number of hydrogen-bond donors (Lipinski definition) is 2. The van der Waals surface area contributed by atoms with Crippen LogP contribution in [-0.2, 0) is 0 Å². The summed E-state index contributed by atoms with van der Waals surface area (Å²) in [6, 6.07) is 0. The van der Waals surface area contributed by atoms with E-state index in [1.165, 1.54) is 57.8 Å². The number of aliphatic hydroxyl groups excluding tert-OH is 2. The van der Waals surface area contributed by atoms with Crippen molar-refractivity contribution in [3.63, 3.8) is 0 Å². The van der Waals surface area contributed by atoms with Crippen molar-refractivity contribution in [1.29, 1.82) is 0 Å². The molecule has 0 radical (unpaired) electrons. The van der Waals surface area contributed by atoms with E-state index in [1.54, 1.807) is 5.57 Å². The van der Waals surface area contributed by atoms with Crippen LogP contribution in [0.2, 0.25) is 0 Å². The molecule has 0 spiro atoms. The maximum absolute atomic E-state index is 10.1. The largest absolute Gasteiger partial charge is 1.00 e. The third kappa shape index (κ3) is 5.67. The molecule has 7 unspecified atom stereocenters. The van der Waals surface area contributed by atoms with Gasteiger partial charge < -0.3 is 17.6 Å². The van der Waals surface area contributed by atoms with E-state index in [4.69, 9.17) is 5.11 Å². The normalized spacial score (nSPS) is 41.5. The summed E-state index contributed by atoms with van der Waals surface area (Å²) in [6.45, 7) is 9.52. The van der Waals surface area contributed by atoms with Crippen LogP contribution in [0, 0.1) is 41.9 Å². The Labute approximate surface area is 246 Å². The maximum Gasteiger partial charge on any atom is 1.00 e. The van der Waals surface area contributed by atoms with E-state index in [-0.39, 0.29) is 82.4 Å². The molecule has 0 saturated heterocycles. The van der Waals surface area contributed by atoms with Gasteiger partial charge in [-0.2, -0.15) is 0 Å². The molecule has 2 nitrogen and oxygen atoms in total. The summed E-state index contributed by atoms with van der Waals surface area (Å²) >= 11 is 0. The van der Waals surface area contributed by atoms with Gasteiger partial charge in [0.2, 0.25) is 0 Å². The van der Waals surface area contributed by atoms with Gasteiger partial charge in [0.1, 0.15) is 0 Å². The Hall–Kier alpha value is 1.71. The Bertz CT molecular complexity index is 547. The zero-order chi connectivity index (χ0) is 20.4. The third-order valence-corrected chi connectivity index (χ3v) is 9.48. The average molecular weight is 539 g/mol. The van der Waals surface area contributed by atoms with Gasteiger partial charge in [-0.25, -0.2) is 0 Å². The first kappa shape index (κ1) is 29.7. The molecule has 0 amide bonds. The first-order valence-electron chi connectivity index (χ1n) is 12.5. The quantitative estimate of drug-likeness (QED) is 0.316. The Morgan fingerprint density at radius 2 is 1.70 bits per heavy atom. The van der Waals surface area contributed by atoms with Crippen molar-refractivity contribution in [1.82, 2.24) is 0 Å². The number of hydrogen-bond acceptors (Lipinski definition) is 2. The molecule has 0 aromatic carbocycles. The Kier molecular flexibility index (Phi) is 12.9. The van der Waals surface area contributed by atoms with Crippen LogP contribution in [-0.4, -0.2) is 22.9 Å². The molecular formula is C27H49CsO2. The molecule has 0 aromatic heterocycles. The van der Waals surface area contributed by atoms with Gasteiger partial charge in [0.25, 0.3) is 0 Å². The van der Waals surface area contributed by atoms with Crippen molar-refractivity contribution in [2.75, 3.05) is 6.61 Å². The second kappa shape index (κ2) is 13.0. The minimum absolute atomic E-state index is 0. The molecule has 4 rings (SSSR count). The van der Waals surface area contributed by atoms with Crippen molar-refractivity contribution in [2.24, 2.45) is 34.5 Å². The van der Waals surface area contributed by atoms with E-state index in [0.717, 1.165) is 42.9 Å². The van der Waals surface area contributed by atoms with Gasteiger partial charge in [-0.1, -0.05) is 52.2 Å². The minimum atomic E-state index is -0.0884. The summed E-state index contributed by atoms with van der Waals surface area (Å²) in [5.74, 6) is 3.59. The Morgan fingerprint density at radius 1 is 0.967 bits per heavy atom. The molecule has 0 aromatic rings. The molecule has 0 aliphatic heterocycles. The van der Waals surface area contributed by atoms with E-state index in [9.17, 15) is 5.11 Å². The number of aliphatic hydroxyl groups is 2. The first-order valence-corrected chi connectivity index (χ1v) is 12.5. The molecule has 0 heterocycles. The number of allylic oxidation sites excluding steroid dienone is 1. The van der Waals surface area contributed by atoms with Crippen molar-refractivity contribution in [3.8, 4) is 0 Å². The molecule has 2 N–H and O–H groups in total. The summed E-state index contributed by atoms with van der Waals surface area (Å²) < 4.78 is 0. The van der Waals surface area contributed by atoms with Crippen molar-refractivity contribution in [3.05, 3.63) is 19.1 Å². The molecule has 3 fully saturated rings. The monoisotopic (exact) mass is 538 g/mol. The van der Waals surface area contributed by atoms with E-state index in [1.807, 2.05) is 13.8 Å². The minimum Gasteiger partial charge on any atom is -0.396 e. The molecule has 3 heteroatoms. The van der Waals surface area contributed by atoms with E-state index >= 15 is 0 Å². The van der Waals surface area contributed by atoms with Gasteiger partial charge in [0.15, 0.2) is 0 Å². The maximum atomic E-state index is 10.1. The fourth-order valence-corrected chi connectivity index (χ4v) is 7.90. The molecule has 3 saturated carbocycles. The summed E-state index contributed by atoms with van der Waals surface area (Å²) in [5.41, 5.74) is 2.54. The van der Waals surface area contributed by atoms with Crippen LogP contribution in [0.25, 0.3) is 0 Å². The fourth-order valence-electron chi connectivity index (χ4n) is 7.90. The second-order valence-corrected chi connectivity index (χ2v) is 10.5. The molecule has 170 valence electrons. The molecule has 0 bridgehead atoms. The van der Waals surface area contributed by atoms with Crippen LogP contribution in [0.4, 0.5) is 0 Å². The van der Waals surface area contributed by atoms with Crippen LogP contribution >= 0.6 is 0 Å².